The van der Waals surface area contributed by atoms with Crippen molar-refractivity contribution in [3.8, 4) is 0 Å². The number of ether oxygens (including phenoxy) is 1. The average molecular weight is 453 g/mol. The Labute approximate surface area is 141 Å². The predicted molar refractivity (Wildman–Crippen MR) is 91.0 cm³/mol. The summed E-state index contributed by atoms with van der Waals surface area (Å²) in [6.45, 7) is 6.32. The van der Waals surface area contributed by atoms with Crippen molar-refractivity contribution in [1.29, 1.82) is 0 Å². The number of carbonyl (C=O) groups is 1. The summed E-state index contributed by atoms with van der Waals surface area (Å²) in [4.78, 5) is 14.5. The molecule has 2 rings (SSSR count). The first-order valence-corrected chi connectivity index (χ1v) is 8.54. The van der Waals surface area contributed by atoms with Gasteiger partial charge in [0.2, 0.25) is 0 Å². The molecule has 0 spiro atoms. The second-order valence-electron chi connectivity index (χ2n) is 4.72. The molecule has 0 radical (unpaired) electrons. The Hall–Kier alpha value is -0.180. The van der Waals surface area contributed by atoms with Crippen LogP contribution in [0.3, 0.4) is 0 Å². The quantitative estimate of drug-likeness (QED) is 0.713. The Kier molecular flexibility index (Phi) is 6.25. The molecule has 1 amide bonds. The van der Waals surface area contributed by atoms with Crippen molar-refractivity contribution >= 4 is 44.4 Å². The van der Waals surface area contributed by atoms with Gasteiger partial charge in [0.15, 0.2) is 0 Å². The zero-order valence-corrected chi connectivity index (χ0v) is 15.1. The lowest BCUT2D eigenvalue weighted by atomic mass is 10.2. The fourth-order valence-electron chi connectivity index (χ4n) is 2.16. The maximum Gasteiger partial charge on any atom is 0.252 e. The number of carbonyl (C=O) groups excluding carboxylic acids is 1. The van der Waals surface area contributed by atoms with Crippen LogP contribution < -0.4 is 5.32 Å². The molecule has 0 bridgehead atoms. The molecule has 6 heteroatoms. The SMILES string of the molecule is CCN1CCOC(CNC(=O)c2cc(Br)ccc2I)C1. The van der Waals surface area contributed by atoms with Gasteiger partial charge >= 0.3 is 0 Å². The lowest BCUT2D eigenvalue weighted by Crippen LogP contribution is -2.47. The number of rotatable bonds is 4. The summed E-state index contributed by atoms with van der Waals surface area (Å²) < 4.78 is 7.54. The van der Waals surface area contributed by atoms with Crippen molar-refractivity contribution in [2.24, 2.45) is 0 Å². The first-order chi connectivity index (χ1) is 9.60. The van der Waals surface area contributed by atoms with Gasteiger partial charge < -0.3 is 10.1 Å². The Morgan fingerprint density at radius 3 is 3.15 bits per heavy atom. The molecule has 1 saturated heterocycles. The van der Waals surface area contributed by atoms with Crippen molar-refractivity contribution < 1.29 is 9.53 Å². The van der Waals surface area contributed by atoms with Gasteiger partial charge in [-0.15, -0.1) is 0 Å². The number of amides is 1. The highest BCUT2D eigenvalue weighted by molar-refractivity contribution is 14.1. The van der Waals surface area contributed by atoms with Crippen molar-refractivity contribution in [2.45, 2.75) is 13.0 Å². The van der Waals surface area contributed by atoms with Crippen molar-refractivity contribution in [3.05, 3.63) is 31.8 Å². The lowest BCUT2D eigenvalue weighted by molar-refractivity contribution is -0.0246. The van der Waals surface area contributed by atoms with Crippen LogP contribution in [0.25, 0.3) is 0 Å². The van der Waals surface area contributed by atoms with Crippen LogP contribution in [0.15, 0.2) is 22.7 Å². The number of hydrogen-bond donors (Lipinski definition) is 1. The second kappa shape index (κ2) is 7.72. The number of halogens is 2. The Balaban J connectivity index is 1.90. The van der Waals surface area contributed by atoms with Gasteiger partial charge in [0.25, 0.3) is 5.91 Å². The van der Waals surface area contributed by atoms with E-state index < -0.39 is 0 Å². The molecule has 1 N–H and O–H groups in total. The van der Waals surface area contributed by atoms with Gasteiger partial charge in [0.1, 0.15) is 0 Å². The second-order valence-corrected chi connectivity index (χ2v) is 6.80. The first-order valence-electron chi connectivity index (χ1n) is 6.67. The molecule has 4 nitrogen and oxygen atoms in total. The number of hydrogen-bond acceptors (Lipinski definition) is 3. The van der Waals surface area contributed by atoms with Crippen LogP contribution in [0.5, 0.6) is 0 Å². The summed E-state index contributed by atoms with van der Waals surface area (Å²) in [6.07, 6.45) is 0.0810. The monoisotopic (exact) mass is 452 g/mol. The molecule has 1 heterocycles. The number of benzene rings is 1. The highest BCUT2D eigenvalue weighted by atomic mass is 127. The Bertz CT molecular complexity index is 484. The maximum absolute atomic E-state index is 12.2. The standard InChI is InChI=1S/C14H18BrIN2O2/c1-2-18-5-6-20-11(9-18)8-17-14(19)12-7-10(15)3-4-13(12)16/h3-4,7,11H,2,5-6,8-9H2,1H3,(H,17,19). The normalized spacial score (nSPS) is 19.9. The molecule has 1 aliphatic rings. The van der Waals surface area contributed by atoms with E-state index in [9.17, 15) is 4.79 Å². The average Bonchev–Trinajstić information content (AvgIpc) is 2.47. The highest BCUT2D eigenvalue weighted by Gasteiger charge is 2.20. The van der Waals surface area contributed by atoms with Gasteiger partial charge in [0, 0.05) is 27.7 Å². The van der Waals surface area contributed by atoms with E-state index in [1.54, 1.807) is 0 Å². The van der Waals surface area contributed by atoms with Crippen LogP contribution in [0.2, 0.25) is 0 Å². The van der Waals surface area contributed by atoms with E-state index >= 15 is 0 Å². The van der Waals surface area contributed by atoms with Gasteiger partial charge in [-0.05, 0) is 47.3 Å². The van der Waals surface area contributed by atoms with Crippen LogP contribution in [0.1, 0.15) is 17.3 Å². The highest BCUT2D eigenvalue weighted by Crippen LogP contribution is 2.18. The van der Waals surface area contributed by atoms with Crippen LogP contribution >= 0.6 is 38.5 Å². The number of nitrogens with one attached hydrogen (secondary N) is 1. The Morgan fingerprint density at radius 2 is 2.40 bits per heavy atom. The molecule has 0 aromatic heterocycles. The molecular weight excluding hydrogens is 435 g/mol. The van der Waals surface area contributed by atoms with E-state index in [-0.39, 0.29) is 12.0 Å². The molecule has 1 aromatic rings. The summed E-state index contributed by atoms with van der Waals surface area (Å²) in [5.74, 6) is -0.0482. The van der Waals surface area contributed by atoms with E-state index in [1.165, 1.54) is 0 Å². The van der Waals surface area contributed by atoms with Crippen LogP contribution in [-0.4, -0.2) is 49.7 Å². The van der Waals surface area contributed by atoms with Gasteiger partial charge in [0.05, 0.1) is 18.3 Å². The topological polar surface area (TPSA) is 41.6 Å². The molecular formula is C14H18BrIN2O2. The van der Waals surface area contributed by atoms with Crippen LogP contribution in [0.4, 0.5) is 0 Å². The zero-order chi connectivity index (χ0) is 14.5. The van der Waals surface area contributed by atoms with E-state index in [1.807, 2.05) is 18.2 Å². The minimum atomic E-state index is -0.0482. The summed E-state index contributed by atoms with van der Waals surface area (Å²) >= 11 is 5.57. The minimum Gasteiger partial charge on any atom is -0.374 e. The van der Waals surface area contributed by atoms with Crippen molar-refractivity contribution in [3.63, 3.8) is 0 Å². The fourth-order valence-corrected chi connectivity index (χ4v) is 3.11. The Morgan fingerprint density at radius 1 is 1.60 bits per heavy atom. The third-order valence-corrected chi connectivity index (χ3v) is 4.77. The van der Waals surface area contributed by atoms with E-state index in [2.05, 4.69) is 55.7 Å². The summed E-state index contributed by atoms with van der Waals surface area (Å²) in [5.41, 5.74) is 0.697. The smallest absolute Gasteiger partial charge is 0.252 e. The number of morpholine rings is 1. The number of likely N-dealkylation sites (N-methyl/N-ethyl adjacent to an activating group) is 1. The molecule has 1 unspecified atom stereocenters. The van der Waals surface area contributed by atoms with Gasteiger partial charge in [-0.1, -0.05) is 22.9 Å². The summed E-state index contributed by atoms with van der Waals surface area (Å²) in [5, 5.41) is 2.97. The van der Waals surface area contributed by atoms with Crippen molar-refractivity contribution in [2.75, 3.05) is 32.8 Å². The largest absolute Gasteiger partial charge is 0.374 e. The molecule has 1 aromatic carbocycles. The molecule has 0 saturated carbocycles. The zero-order valence-electron chi connectivity index (χ0n) is 11.4. The predicted octanol–water partition coefficient (Wildman–Crippen LogP) is 2.50. The van der Waals surface area contributed by atoms with Crippen molar-refractivity contribution in [1.82, 2.24) is 10.2 Å². The fraction of sp³-hybridized carbons (Fsp3) is 0.500. The summed E-state index contributed by atoms with van der Waals surface area (Å²) in [7, 11) is 0. The van der Waals surface area contributed by atoms with Gasteiger partial charge in [-0.2, -0.15) is 0 Å². The minimum absolute atomic E-state index is 0.0482. The first kappa shape index (κ1) is 16.2. The lowest BCUT2D eigenvalue weighted by Gasteiger charge is -2.32. The molecule has 20 heavy (non-hydrogen) atoms. The molecule has 1 aliphatic heterocycles. The van der Waals surface area contributed by atoms with Gasteiger partial charge in [-0.25, -0.2) is 0 Å². The number of nitrogens with zero attached hydrogens (tertiary/aromatic N) is 1. The van der Waals surface area contributed by atoms with Crippen LogP contribution in [-0.2, 0) is 4.74 Å². The summed E-state index contributed by atoms with van der Waals surface area (Å²) in [6, 6.07) is 5.70. The van der Waals surface area contributed by atoms with Crippen LogP contribution in [0, 0.1) is 3.57 Å². The van der Waals surface area contributed by atoms with Gasteiger partial charge in [-0.3, -0.25) is 9.69 Å². The molecule has 1 atom stereocenters. The third-order valence-electron chi connectivity index (χ3n) is 3.33. The molecule has 0 aliphatic carbocycles. The molecule has 1 fully saturated rings. The van der Waals surface area contributed by atoms with E-state index in [0.717, 1.165) is 34.3 Å². The van der Waals surface area contributed by atoms with E-state index in [4.69, 9.17) is 4.74 Å². The third kappa shape index (κ3) is 4.41. The maximum atomic E-state index is 12.2. The van der Waals surface area contributed by atoms with E-state index in [0.29, 0.717) is 12.1 Å². The molecule has 110 valence electrons.